The summed E-state index contributed by atoms with van der Waals surface area (Å²) < 4.78 is 0. The maximum Gasteiger partial charge on any atom is 0.347 e. The van der Waals surface area contributed by atoms with Crippen LogP contribution in [-0.2, 0) is 4.79 Å². The van der Waals surface area contributed by atoms with Crippen LogP contribution in [0.3, 0.4) is 0 Å². The van der Waals surface area contributed by atoms with E-state index in [0.717, 1.165) is 11.3 Å². The minimum atomic E-state index is -1.20. The first-order chi connectivity index (χ1) is 8.15. The molecule has 0 aliphatic carbocycles. The van der Waals surface area contributed by atoms with Crippen molar-refractivity contribution in [3.63, 3.8) is 0 Å². The van der Waals surface area contributed by atoms with Crippen LogP contribution in [0, 0.1) is 11.3 Å². The summed E-state index contributed by atoms with van der Waals surface area (Å²) in [7, 11) is 1.87. The number of carboxylic acids is 1. The van der Waals surface area contributed by atoms with E-state index < -0.39 is 5.97 Å². The Morgan fingerprint density at radius 2 is 2.12 bits per heavy atom. The second-order valence-electron chi connectivity index (χ2n) is 3.65. The maximum absolute atomic E-state index is 11.0. The summed E-state index contributed by atoms with van der Waals surface area (Å²) in [5, 5.41) is 17.9. The van der Waals surface area contributed by atoms with E-state index in [1.165, 1.54) is 0 Å². The van der Waals surface area contributed by atoms with Gasteiger partial charge in [-0.1, -0.05) is 18.2 Å². The van der Waals surface area contributed by atoms with E-state index in [2.05, 4.69) is 0 Å². The molecule has 1 aliphatic rings. The van der Waals surface area contributed by atoms with Crippen molar-refractivity contribution in [1.29, 1.82) is 5.26 Å². The predicted octanol–water partition coefficient (Wildman–Crippen LogP) is 2.01. The van der Waals surface area contributed by atoms with Gasteiger partial charge in [0.25, 0.3) is 0 Å². The number of allylic oxidation sites excluding steroid dienone is 2. The van der Waals surface area contributed by atoms with Crippen LogP contribution in [0.1, 0.15) is 5.56 Å². The van der Waals surface area contributed by atoms with Crippen molar-refractivity contribution in [3.8, 4) is 6.07 Å². The monoisotopic (exact) mass is 226 g/mol. The van der Waals surface area contributed by atoms with Gasteiger partial charge in [0.2, 0.25) is 0 Å². The summed E-state index contributed by atoms with van der Waals surface area (Å²) in [6.45, 7) is 0. The zero-order valence-corrected chi connectivity index (χ0v) is 9.21. The number of nitriles is 1. The van der Waals surface area contributed by atoms with Gasteiger partial charge < -0.3 is 10.0 Å². The molecule has 4 heteroatoms. The zero-order chi connectivity index (χ0) is 12.4. The van der Waals surface area contributed by atoms with Gasteiger partial charge in [-0.05, 0) is 12.1 Å². The fourth-order valence-corrected chi connectivity index (χ4v) is 1.81. The number of aliphatic carboxylic acids is 1. The molecule has 0 radical (unpaired) electrons. The average molecular weight is 226 g/mol. The lowest BCUT2D eigenvalue weighted by Gasteiger charge is -2.23. The summed E-state index contributed by atoms with van der Waals surface area (Å²) in [6.07, 6.45) is 3.40. The molecule has 1 aliphatic heterocycles. The first kappa shape index (κ1) is 11.0. The Morgan fingerprint density at radius 3 is 2.76 bits per heavy atom. The van der Waals surface area contributed by atoms with Gasteiger partial charge in [-0.2, -0.15) is 5.26 Å². The molecule has 17 heavy (non-hydrogen) atoms. The molecule has 0 bridgehead atoms. The van der Waals surface area contributed by atoms with Crippen LogP contribution < -0.4 is 4.90 Å². The number of carboxylic acid groups (broad SMARTS) is 1. The number of anilines is 1. The molecule has 2 rings (SSSR count). The van der Waals surface area contributed by atoms with Gasteiger partial charge in [-0.3, -0.25) is 0 Å². The highest BCUT2D eigenvalue weighted by molar-refractivity contribution is 6.05. The lowest BCUT2D eigenvalue weighted by atomic mass is 9.96. The van der Waals surface area contributed by atoms with Crippen molar-refractivity contribution >= 4 is 17.2 Å². The fourth-order valence-electron chi connectivity index (χ4n) is 1.81. The Kier molecular flexibility index (Phi) is 2.67. The maximum atomic E-state index is 11.0. The summed E-state index contributed by atoms with van der Waals surface area (Å²) in [5.74, 6) is -1.20. The minimum Gasteiger partial charge on any atom is -0.477 e. The number of carbonyl (C=O) groups is 1. The summed E-state index contributed by atoms with van der Waals surface area (Å²) >= 11 is 0. The number of hydrogen-bond donors (Lipinski definition) is 1. The van der Waals surface area contributed by atoms with Crippen LogP contribution in [-0.4, -0.2) is 18.1 Å². The van der Waals surface area contributed by atoms with Gasteiger partial charge in [-0.15, -0.1) is 0 Å². The summed E-state index contributed by atoms with van der Waals surface area (Å²) in [4.78, 5) is 12.9. The third-order valence-electron chi connectivity index (χ3n) is 2.63. The molecule has 0 unspecified atom stereocenters. The first-order valence-corrected chi connectivity index (χ1v) is 5.03. The third-order valence-corrected chi connectivity index (χ3v) is 2.63. The van der Waals surface area contributed by atoms with Gasteiger partial charge in [-0.25, -0.2) is 4.79 Å². The molecule has 4 nitrogen and oxygen atoms in total. The predicted molar refractivity (Wildman–Crippen MR) is 64.2 cm³/mol. The zero-order valence-electron chi connectivity index (χ0n) is 9.21. The molecule has 0 amide bonds. The molecule has 1 aromatic rings. The quantitative estimate of drug-likeness (QED) is 0.587. The van der Waals surface area contributed by atoms with E-state index in [0.29, 0.717) is 5.57 Å². The Labute approximate surface area is 98.7 Å². The molecule has 0 spiro atoms. The highest BCUT2D eigenvalue weighted by Crippen LogP contribution is 2.33. The Morgan fingerprint density at radius 1 is 1.41 bits per heavy atom. The third kappa shape index (κ3) is 1.79. The van der Waals surface area contributed by atoms with Crippen LogP contribution in [0.5, 0.6) is 0 Å². The normalized spacial score (nSPS) is 16.1. The second kappa shape index (κ2) is 4.14. The molecular formula is C13H10N2O2. The highest BCUT2D eigenvalue weighted by atomic mass is 16.4. The number of fused-ring (bicyclic) bond motifs is 1. The van der Waals surface area contributed by atoms with Crippen molar-refractivity contribution in [2.45, 2.75) is 0 Å². The number of hydrogen-bond acceptors (Lipinski definition) is 3. The molecule has 0 saturated heterocycles. The Hall–Kier alpha value is -2.54. The SMILES string of the molecule is CN1C=C/C(=C(/C#N)C(=O)O)c2ccccc21. The average Bonchev–Trinajstić information content (AvgIpc) is 2.33. The van der Waals surface area contributed by atoms with Crippen LogP contribution in [0.15, 0.2) is 42.1 Å². The number of para-hydroxylation sites is 1. The van der Waals surface area contributed by atoms with Crippen molar-refractivity contribution < 1.29 is 9.90 Å². The van der Waals surface area contributed by atoms with E-state index in [9.17, 15) is 4.79 Å². The van der Waals surface area contributed by atoms with Crippen molar-refractivity contribution in [2.75, 3.05) is 11.9 Å². The van der Waals surface area contributed by atoms with Crippen molar-refractivity contribution in [2.24, 2.45) is 0 Å². The van der Waals surface area contributed by atoms with Gasteiger partial charge in [0.15, 0.2) is 0 Å². The standard InChI is InChI=1S/C13H10N2O2/c1-15-7-6-9(11(8-14)13(16)17)10-4-2-3-5-12(10)15/h2-7H,1H3,(H,16,17)/b11-9+. The summed E-state index contributed by atoms with van der Waals surface area (Å²) in [5.41, 5.74) is 1.87. The molecule has 1 aromatic carbocycles. The molecule has 0 atom stereocenters. The molecule has 0 aromatic heterocycles. The summed E-state index contributed by atoms with van der Waals surface area (Å²) in [6, 6.07) is 9.13. The van der Waals surface area contributed by atoms with E-state index in [1.54, 1.807) is 18.3 Å². The molecule has 0 saturated carbocycles. The molecule has 0 fully saturated rings. The fraction of sp³-hybridized carbons (Fsp3) is 0.0769. The second-order valence-corrected chi connectivity index (χ2v) is 3.65. The minimum absolute atomic E-state index is 0.234. The van der Waals surface area contributed by atoms with Gasteiger partial charge in [0, 0.05) is 30.1 Å². The van der Waals surface area contributed by atoms with E-state index in [1.807, 2.05) is 36.2 Å². The van der Waals surface area contributed by atoms with Crippen LogP contribution in [0.25, 0.3) is 5.57 Å². The van der Waals surface area contributed by atoms with Gasteiger partial charge >= 0.3 is 5.97 Å². The van der Waals surface area contributed by atoms with Crippen LogP contribution >= 0.6 is 0 Å². The Bertz CT molecular complexity index is 579. The molecule has 1 N–H and O–H groups in total. The first-order valence-electron chi connectivity index (χ1n) is 5.03. The van der Waals surface area contributed by atoms with E-state index in [-0.39, 0.29) is 5.57 Å². The Balaban J connectivity index is 2.71. The van der Waals surface area contributed by atoms with Crippen molar-refractivity contribution in [1.82, 2.24) is 0 Å². The molecule has 1 heterocycles. The van der Waals surface area contributed by atoms with Crippen molar-refractivity contribution in [3.05, 3.63) is 47.7 Å². The van der Waals surface area contributed by atoms with E-state index in [4.69, 9.17) is 10.4 Å². The lowest BCUT2D eigenvalue weighted by molar-refractivity contribution is -0.132. The largest absolute Gasteiger partial charge is 0.477 e. The lowest BCUT2D eigenvalue weighted by Crippen LogP contribution is -2.15. The molecule has 84 valence electrons. The van der Waals surface area contributed by atoms with Crippen LogP contribution in [0.2, 0.25) is 0 Å². The number of rotatable bonds is 1. The van der Waals surface area contributed by atoms with Gasteiger partial charge in [0.05, 0.1) is 0 Å². The van der Waals surface area contributed by atoms with Gasteiger partial charge in [0.1, 0.15) is 11.6 Å². The van der Waals surface area contributed by atoms with E-state index >= 15 is 0 Å². The number of benzene rings is 1. The number of nitrogens with zero attached hydrogens (tertiary/aromatic N) is 2. The smallest absolute Gasteiger partial charge is 0.347 e. The highest BCUT2D eigenvalue weighted by Gasteiger charge is 2.19. The molecular weight excluding hydrogens is 216 g/mol. The van der Waals surface area contributed by atoms with Crippen LogP contribution in [0.4, 0.5) is 5.69 Å². The topological polar surface area (TPSA) is 64.3 Å².